The summed E-state index contributed by atoms with van der Waals surface area (Å²) in [4.78, 5) is 11.2. The number of pyridine rings is 1. The fourth-order valence-electron chi connectivity index (χ4n) is 1.39. The Hall–Kier alpha value is -1.69. The number of alkyl halides is 3. The fourth-order valence-corrected chi connectivity index (χ4v) is 1.62. The minimum absolute atomic E-state index is 0.0462. The van der Waals surface area contributed by atoms with Crippen LogP contribution in [0.3, 0.4) is 0 Å². The monoisotopic (exact) mass is 273 g/mol. The first-order chi connectivity index (χ1) is 8.36. The summed E-state index contributed by atoms with van der Waals surface area (Å²) >= 11 is 5.68. The molecule has 2 aromatic rings. The predicted molar refractivity (Wildman–Crippen MR) is 60.0 cm³/mol. The molecule has 3 nitrogen and oxygen atoms in total. The molecule has 0 amide bonds. The first-order valence-electron chi connectivity index (χ1n) is 4.91. The van der Waals surface area contributed by atoms with E-state index in [-0.39, 0.29) is 5.28 Å². The molecule has 0 aromatic carbocycles. The lowest BCUT2D eigenvalue weighted by Gasteiger charge is -2.06. The number of aryl methyl sites for hydroxylation is 1. The normalized spacial score (nSPS) is 11.6. The molecule has 18 heavy (non-hydrogen) atoms. The molecule has 0 saturated carbocycles. The van der Waals surface area contributed by atoms with Crippen molar-refractivity contribution < 1.29 is 13.2 Å². The lowest BCUT2D eigenvalue weighted by atomic mass is 10.2. The number of nitrogens with zero attached hydrogens (tertiary/aromatic N) is 3. The van der Waals surface area contributed by atoms with Gasteiger partial charge in [-0.3, -0.25) is 4.98 Å². The van der Waals surface area contributed by atoms with Gasteiger partial charge in [-0.05, 0) is 36.7 Å². The molecular formula is C11H7ClF3N3. The molecule has 0 spiro atoms. The van der Waals surface area contributed by atoms with Gasteiger partial charge in [0.25, 0.3) is 0 Å². The van der Waals surface area contributed by atoms with E-state index in [9.17, 15) is 13.2 Å². The molecule has 2 rings (SSSR count). The summed E-state index contributed by atoms with van der Waals surface area (Å²) in [5.74, 6) is 0. The van der Waals surface area contributed by atoms with Crippen LogP contribution in [0.25, 0.3) is 11.3 Å². The van der Waals surface area contributed by atoms with Gasteiger partial charge in [0.05, 0.1) is 5.69 Å². The van der Waals surface area contributed by atoms with Crippen LogP contribution < -0.4 is 0 Å². The van der Waals surface area contributed by atoms with Crippen LogP contribution >= 0.6 is 11.6 Å². The molecule has 0 aliphatic rings. The number of hydrogen-bond acceptors (Lipinski definition) is 3. The van der Waals surface area contributed by atoms with Crippen LogP contribution in [0.1, 0.15) is 11.4 Å². The molecule has 0 saturated heterocycles. The number of hydrogen-bond donors (Lipinski definition) is 0. The van der Waals surface area contributed by atoms with Crippen molar-refractivity contribution in [2.75, 3.05) is 0 Å². The van der Waals surface area contributed by atoms with Crippen LogP contribution in [0.4, 0.5) is 13.2 Å². The van der Waals surface area contributed by atoms with E-state index in [0.717, 1.165) is 12.3 Å². The Balaban J connectivity index is 2.40. The van der Waals surface area contributed by atoms with E-state index in [1.807, 2.05) is 0 Å². The van der Waals surface area contributed by atoms with Crippen LogP contribution in [0.15, 0.2) is 24.4 Å². The maximum Gasteiger partial charge on any atom is 0.433 e. The average Bonchev–Trinajstić information content (AvgIpc) is 2.27. The van der Waals surface area contributed by atoms with Crippen molar-refractivity contribution in [2.24, 2.45) is 0 Å². The summed E-state index contributed by atoms with van der Waals surface area (Å²) in [5, 5.41) is 0.0462. The summed E-state index contributed by atoms with van der Waals surface area (Å²) in [7, 11) is 0. The average molecular weight is 274 g/mol. The van der Waals surface area contributed by atoms with Crippen LogP contribution in [0.5, 0.6) is 0 Å². The second kappa shape index (κ2) is 4.53. The smallest absolute Gasteiger partial charge is 0.251 e. The zero-order valence-corrected chi connectivity index (χ0v) is 9.92. The van der Waals surface area contributed by atoms with E-state index in [0.29, 0.717) is 17.0 Å². The minimum Gasteiger partial charge on any atom is -0.251 e. The number of aromatic nitrogens is 3. The van der Waals surface area contributed by atoms with E-state index in [1.165, 1.54) is 6.07 Å². The summed E-state index contributed by atoms with van der Waals surface area (Å²) in [5.41, 5.74) is 0.581. The fraction of sp³-hybridized carbons (Fsp3) is 0.182. The predicted octanol–water partition coefficient (Wildman–Crippen LogP) is 3.52. The van der Waals surface area contributed by atoms with Gasteiger partial charge in [-0.2, -0.15) is 13.2 Å². The first-order valence-corrected chi connectivity index (χ1v) is 5.29. The Morgan fingerprint density at radius 3 is 2.39 bits per heavy atom. The van der Waals surface area contributed by atoms with Crippen molar-refractivity contribution in [3.63, 3.8) is 0 Å². The molecule has 0 unspecified atom stereocenters. The molecule has 2 aromatic heterocycles. The lowest BCUT2D eigenvalue weighted by molar-refractivity contribution is -0.141. The summed E-state index contributed by atoms with van der Waals surface area (Å²) in [6, 6.07) is 3.82. The Kier molecular flexibility index (Phi) is 3.21. The van der Waals surface area contributed by atoms with Gasteiger partial charge in [0.15, 0.2) is 0 Å². The van der Waals surface area contributed by atoms with Gasteiger partial charge in [0, 0.05) is 17.5 Å². The molecule has 94 valence electrons. The molecule has 0 atom stereocenters. The molecule has 7 heteroatoms. The molecule has 0 bridgehead atoms. The lowest BCUT2D eigenvalue weighted by Crippen LogP contribution is -2.07. The van der Waals surface area contributed by atoms with Gasteiger partial charge < -0.3 is 0 Å². The van der Waals surface area contributed by atoms with Gasteiger partial charge in [-0.25, -0.2) is 9.97 Å². The van der Waals surface area contributed by atoms with E-state index in [1.54, 1.807) is 13.0 Å². The molecule has 2 heterocycles. The quantitative estimate of drug-likeness (QED) is 0.746. The second-order valence-electron chi connectivity index (χ2n) is 3.59. The Bertz CT molecular complexity index is 546. The van der Waals surface area contributed by atoms with Gasteiger partial charge in [0.2, 0.25) is 5.28 Å². The number of rotatable bonds is 1. The van der Waals surface area contributed by atoms with Crippen LogP contribution in [0.2, 0.25) is 5.28 Å². The van der Waals surface area contributed by atoms with Gasteiger partial charge >= 0.3 is 6.18 Å². The third-order valence-electron chi connectivity index (χ3n) is 2.18. The first kappa shape index (κ1) is 12.8. The largest absolute Gasteiger partial charge is 0.433 e. The Morgan fingerprint density at radius 1 is 1.17 bits per heavy atom. The van der Waals surface area contributed by atoms with Crippen molar-refractivity contribution in [3.8, 4) is 11.3 Å². The van der Waals surface area contributed by atoms with E-state index < -0.39 is 11.9 Å². The Morgan fingerprint density at radius 2 is 1.89 bits per heavy atom. The third kappa shape index (κ3) is 2.76. The molecular weight excluding hydrogens is 267 g/mol. The van der Waals surface area contributed by atoms with Crippen LogP contribution in [-0.2, 0) is 6.18 Å². The topological polar surface area (TPSA) is 38.7 Å². The highest BCUT2D eigenvalue weighted by atomic mass is 35.5. The van der Waals surface area contributed by atoms with Crippen LogP contribution in [0, 0.1) is 6.92 Å². The van der Waals surface area contributed by atoms with Crippen molar-refractivity contribution in [2.45, 2.75) is 13.1 Å². The van der Waals surface area contributed by atoms with Crippen molar-refractivity contribution in [3.05, 3.63) is 41.1 Å². The van der Waals surface area contributed by atoms with Crippen LogP contribution in [-0.4, -0.2) is 15.0 Å². The maximum atomic E-state index is 12.3. The maximum absolute atomic E-state index is 12.3. The third-order valence-corrected chi connectivity index (χ3v) is 2.35. The SMILES string of the molecule is Cc1cc(-c2ccc(C(F)(F)F)nc2)nc(Cl)n1. The standard InChI is InChI=1S/C11H7ClF3N3/c1-6-4-8(18-10(12)17-6)7-2-3-9(16-5-7)11(13,14)15/h2-5H,1H3. The van der Waals surface area contributed by atoms with Crippen molar-refractivity contribution in [1.29, 1.82) is 0 Å². The van der Waals surface area contributed by atoms with Gasteiger partial charge in [-0.1, -0.05) is 0 Å². The second-order valence-corrected chi connectivity index (χ2v) is 3.93. The molecule has 0 radical (unpaired) electrons. The van der Waals surface area contributed by atoms with Crippen molar-refractivity contribution in [1.82, 2.24) is 15.0 Å². The van der Waals surface area contributed by atoms with E-state index in [2.05, 4.69) is 15.0 Å². The molecule has 0 fully saturated rings. The summed E-state index contributed by atoms with van der Waals surface area (Å²) < 4.78 is 37.0. The molecule has 0 N–H and O–H groups in total. The van der Waals surface area contributed by atoms with Crippen molar-refractivity contribution >= 4 is 11.6 Å². The summed E-state index contributed by atoms with van der Waals surface area (Å²) in [6.07, 6.45) is -3.33. The number of halogens is 4. The highest BCUT2D eigenvalue weighted by Gasteiger charge is 2.32. The molecule has 0 aliphatic heterocycles. The van der Waals surface area contributed by atoms with E-state index >= 15 is 0 Å². The zero-order chi connectivity index (χ0) is 13.3. The molecule has 0 aliphatic carbocycles. The summed E-state index contributed by atoms with van der Waals surface area (Å²) in [6.45, 7) is 1.72. The highest BCUT2D eigenvalue weighted by Crippen LogP contribution is 2.28. The van der Waals surface area contributed by atoms with Gasteiger partial charge in [-0.15, -0.1) is 0 Å². The zero-order valence-electron chi connectivity index (χ0n) is 9.16. The van der Waals surface area contributed by atoms with Gasteiger partial charge in [0.1, 0.15) is 5.69 Å². The minimum atomic E-state index is -4.45. The highest BCUT2D eigenvalue weighted by molar-refractivity contribution is 6.28. The van der Waals surface area contributed by atoms with E-state index in [4.69, 9.17) is 11.6 Å². The Labute approximate surface area is 106 Å².